The zero-order valence-electron chi connectivity index (χ0n) is 17.9. The second-order valence-electron chi connectivity index (χ2n) is 7.27. The fourth-order valence-electron chi connectivity index (χ4n) is 3.16. The molecule has 2 N–H and O–H groups in total. The summed E-state index contributed by atoms with van der Waals surface area (Å²) >= 11 is 0. The lowest BCUT2D eigenvalue weighted by Crippen LogP contribution is -2.41. The minimum Gasteiger partial charge on any atom is -0.457 e. The largest absolute Gasteiger partial charge is 0.540 e. The van der Waals surface area contributed by atoms with Gasteiger partial charge in [0.1, 0.15) is 29.0 Å². The number of alkyl halides is 7. The molecule has 0 atom stereocenters. The van der Waals surface area contributed by atoms with Crippen LogP contribution < -0.4 is 20.1 Å². The molecule has 0 fully saturated rings. The van der Waals surface area contributed by atoms with Gasteiger partial charge in [0, 0.05) is 18.0 Å². The van der Waals surface area contributed by atoms with E-state index in [1.54, 1.807) is 6.07 Å². The van der Waals surface area contributed by atoms with Crippen molar-refractivity contribution in [3.8, 4) is 23.3 Å². The quantitative estimate of drug-likeness (QED) is 0.379. The first-order valence-corrected chi connectivity index (χ1v) is 9.88. The number of urea groups is 1. The number of rotatable bonds is 4. The van der Waals surface area contributed by atoms with Gasteiger partial charge in [0.2, 0.25) is 0 Å². The van der Waals surface area contributed by atoms with Crippen LogP contribution in [0, 0.1) is 11.3 Å². The van der Waals surface area contributed by atoms with E-state index in [9.17, 15) is 35.5 Å². The van der Waals surface area contributed by atoms with Gasteiger partial charge in [-0.3, -0.25) is 0 Å². The van der Waals surface area contributed by atoms with Crippen LogP contribution in [0.2, 0.25) is 0 Å². The van der Waals surface area contributed by atoms with Gasteiger partial charge in [0.15, 0.2) is 0 Å². The van der Waals surface area contributed by atoms with Gasteiger partial charge < -0.3 is 20.1 Å². The number of nitriles is 1. The Morgan fingerprint density at radius 1 is 1.00 bits per heavy atom. The minimum atomic E-state index is -4.95. The maximum atomic E-state index is 13.9. The van der Waals surface area contributed by atoms with Crippen molar-refractivity contribution < 1.29 is 49.7 Å². The number of nitrogens with one attached hydrogen (secondary N) is 2. The van der Waals surface area contributed by atoms with Crippen molar-refractivity contribution in [2.45, 2.75) is 18.6 Å². The molecule has 0 saturated heterocycles. The summed E-state index contributed by atoms with van der Waals surface area (Å²) < 4.78 is 108. The van der Waals surface area contributed by atoms with Crippen LogP contribution in [-0.2, 0) is 17.0 Å². The zero-order chi connectivity index (χ0) is 27.0. The van der Waals surface area contributed by atoms with E-state index < -0.39 is 47.2 Å². The summed E-state index contributed by atoms with van der Waals surface area (Å²) in [7, 11) is 0. The number of ether oxygens (including phenoxy) is 3. The van der Waals surface area contributed by atoms with E-state index in [0.29, 0.717) is 18.2 Å². The molecule has 2 aromatic carbocycles. The number of hydrogen-bond acceptors (Lipinski definition) is 6. The number of fused-ring (bicyclic) bond motifs is 1. The molecule has 0 bridgehead atoms. The number of anilines is 2. The molecule has 1 aliphatic rings. The van der Waals surface area contributed by atoms with E-state index in [1.165, 1.54) is 18.3 Å². The maximum Gasteiger partial charge on any atom is 0.540 e. The van der Waals surface area contributed by atoms with Crippen molar-refractivity contribution in [2.75, 3.05) is 10.6 Å². The maximum absolute atomic E-state index is 13.9. The zero-order valence-corrected chi connectivity index (χ0v) is 17.9. The van der Waals surface area contributed by atoms with Crippen LogP contribution in [0.5, 0.6) is 17.2 Å². The van der Waals surface area contributed by atoms with Gasteiger partial charge in [-0.1, -0.05) is 0 Å². The van der Waals surface area contributed by atoms with Crippen LogP contribution in [0.25, 0.3) is 0 Å². The highest BCUT2D eigenvalue weighted by Crippen LogP contribution is 2.47. The average molecular weight is 528 g/mol. The summed E-state index contributed by atoms with van der Waals surface area (Å²) in [5, 5.41) is 12.8. The highest BCUT2D eigenvalue weighted by Gasteiger charge is 2.54. The van der Waals surface area contributed by atoms with Crippen molar-refractivity contribution in [1.29, 1.82) is 5.26 Å². The molecule has 2 amide bonds. The van der Waals surface area contributed by atoms with Gasteiger partial charge in [-0.05, 0) is 42.5 Å². The number of pyridine rings is 1. The number of amides is 2. The molecule has 0 unspecified atom stereocenters. The van der Waals surface area contributed by atoms with Crippen LogP contribution in [-0.4, -0.2) is 17.3 Å². The lowest BCUT2D eigenvalue weighted by atomic mass is 10.1. The SMILES string of the molecule is N#Cc1cc(Oc2ccc(NC(=O)Nc3ccc4c(c3)C(F)(F)OC(F)(F)O4)c(C(F)(F)F)c2)ccn1. The summed E-state index contributed by atoms with van der Waals surface area (Å²) in [6, 6.07) is 7.77. The van der Waals surface area contributed by atoms with E-state index in [2.05, 4.69) is 14.5 Å². The van der Waals surface area contributed by atoms with Crippen LogP contribution in [0.1, 0.15) is 16.8 Å². The number of nitrogens with zero attached hydrogens (tertiary/aromatic N) is 2. The van der Waals surface area contributed by atoms with E-state index in [-0.39, 0.29) is 22.9 Å². The summed E-state index contributed by atoms with van der Waals surface area (Å²) in [4.78, 5) is 16.0. The normalized spacial score (nSPS) is 15.5. The first-order valence-electron chi connectivity index (χ1n) is 9.88. The second-order valence-corrected chi connectivity index (χ2v) is 7.27. The lowest BCUT2D eigenvalue weighted by molar-refractivity contribution is -0.461. The van der Waals surface area contributed by atoms with Gasteiger partial charge in [-0.15, -0.1) is 8.78 Å². The summed E-state index contributed by atoms with van der Waals surface area (Å²) in [5.41, 5.74) is -3.57. The number of benzene rings is 2. The van der Waals surface area contributed by atoms with Crippen molar-refractivity contribution >= 4 is 17.4 Å². The predicted octanol–water partition coefficient (Wildman–Crippen LogP) is 6.42. The molecule has 192 valence electrons. The molecular weight excluding hydrogens is 517 g/mol. The monoisotopic (exact) mass is 528 g/mol. The van der Waals surface area contributed by atoms with Crippen molar-refractivity contribution in [1.82, 2.24) is 4.98 Å². The van der Waals surface area contributed by atoms with Crippen LogP contribution in [0.4, 0.5) is 46.9 Å². The summed E-state index contributed by atoms with van der Waals surface area (Å²) in [6.45, 7) is 0. The minimum absolute atomic E-state index is 0.0321. The highest BCUT2D eigenvalue weighted by molar-refractivity contribution is 6.00. The Labute approximate surface area is 202 Å². The molecule has 3 aromatic rings. The molecule has 2 heterocycles. The molecule has 0 saturated carbocycles. The topological polar surface area (TPSA) is 106 Å². The molecule has 4 rings (SSSR count). The van der Waals surface area contributed by atoms with Crippen molar-refractivity contribution in [3.63, 3.8) is 0 Å². The Morgan fingerprint density at radius 3 is 2.43 bits per heavy atom. The smallest absolute Gasteiger partial charge is 0.457 e. The highest BCUT2D eigenvalue weighted by atomic mass is 19.4. The van der Waals surface area contributed by atoms with Crippen molar-refractivity contribution in [3.05, 3.63) is 71.5 Å². The molecule has 8 nitrogen and oxygen atoms in total. The molecule has 1 aromatic heterocycles. The Bertz CT molecular complexity index is 1410. The van der Waals surface area contributed by atoms with Gasteiger partial charge in [-0.2, -0.15) is 27.2 Å². The number of carbonyl (C=O) groups excluding carboxylic acids is 1. The summed E-state index contributed by atoms with van der Waals surface area (Å²) in [6.07, 6.45) is -12.8. The standard InChI is InChI=1S/C22H11F7N4O4/c23-20(24,25)15-9-13(35-14-5-6-31-12(7-14)10-30)2-3-17(15)33-19(34)32-11-1-4-18-16(8-11)21(26,27)37-22(28,29)36-18/h1-9H,(H2,32,33,34). The average Bonchev–Trinajstić information content (AvgIpc) is 2.79. The van der Waals surface area contributed by atoms with Gasteiger partial charge in [-0.25, -0.2) is 14.5 Å². The van der Waals surface area contributed by atoms with Gasteiger partial charge >= 0.3 is 24.6 Å². The van der Waals surface area contributed by atoms with Crippen LogP contribution >= 0.6 is 0 Å². The predicted molar refractivity (Wildman–Crippen MR) is 110 cm³/mol. The number of hydrogen-bond donors (Lipinski definition) is 2. The second kappa shape index (κ2) is 9.13. The van der Waals surface area contributed by atoms with Crippen LogP contribution in [0.15, 0.2) is 54.7 Å². The number of carbonyl (C=O) groups is 1. The first-order chi connectivity index (χ1) is 17.3. The molecular formula is C22H11F7N4O4. The fraction of sp³-hybridized carbons (Fsp3) is 0.136. The molecule has 0 radical (unpaired) electrons. The molecule has 1 aliphatic heterocycles. The molecule has 0 aliphatic carbocycles. The Morgan fingerprint density at radius 2 is 1.73 bits per heavy atom. The third-order valence-corrected chi connectivity index (χ3v) is 4.65. The van der Waals surface area contributed by atoms with E-state index in [4.69, 9.17) is 10.00 Å². The van der Waals surface area contributed by atoms with Crippen LogP contribution in [0.3, 0.4) is 0 Å². The van der Waals surface area contributed by atoms with Gasteiger partial charge in [0.05, 0.1) is 16.8 Å². The third kappa shape index (κ3) is 5.81. The number of halogens is 7. The first kappa shape index (κ1) is 25.5. The number of aromatic nitrogens is 1. The van der Waals surface area contributed by atoms with E-state index in [0.717, 1.165) is 18.2 Å². The fourth-order valence-corrected chi connectivity index (χ4v) is 3.16. The molecule has 37 heavy (non-hydrogen) atoms. The molecule has 0 spiro atoms. The third-order valence-electron chi connectivity index (χ3n) is 4.65. The summed E-state index contributed by atoms with van der Waals surface area (Å²) in [5.74, 6) is -1.16. The van der Waals surface area contributed by atoms with E-state index >= 15 is 0 Å². The Hall–Kier alpha value is -4.58. The van der Waals surface area contributed by atoms with Crippen molar-refractivity contribution in [2.24, 2.45) is 0 Å². The van der Waals surface area contributed by atoms with Gasteiger partial charge in [0.25, 0.3) is 0 Å². The lowest BCUT2D eigenvalue weighted by Gasteiger charge is -2.30. The Balaban J connectivity index is 1.53. The Kier molecular flexibility index (Phi) is 6.30. The molecule has 15 heteroatoms. The van der Waals surface area contributed by atoms with E-state index in [1.807, 2.05) is 10.6 Å².